The molecule has 2 aromatic rings. The van der Waals surface area contributed by atoms with Crippen LogP contribution in [0.5, 0.6) is 0 Å². The molecule has 106 valence electrons. The van der Waals surface area contributed by atoms with Gasteiger partial charge in [-0.2, -0.15) is 9.97 Å². The smallest absolute Gasteiger partial charge is 0.223 e. The number of benzene rings is 1. The van der Waals surface area contributed by atoms with Crippen LogP contribution in [0.25, 0.3) is 0 Å². The summed E-state index contributed by atoms with van der Waals surface area (Å²) in [5, 5.41) is 0. The van der Waals surface area contributed by atoms with E-state index in [1.54, 1.807) is 11.8 Å². The van der Waals surface area contributed by atoms with E-state index >= 15 is 0 Å². The molecular formula is C14H17BrN4S. The van der Waals surface area contributed by atoms with Gasteiger partial charge < -0.3 is 5.73 Å². The van der Waals surface area contributed by atoms with Crippen LogP contribution in [-0.4, -0.2) is 15.0 Å². The molecule has 0 amide bonds. The third kappa shape index (κ3) is 3.93. The predicted molar refractivity (Wildman–Crippen MR) is 86.6 cm³/mol. The Balaban J connectivity index is 2.18. The lowest BCUT2D eigenvalue weighted by Gasteiger charge is -2.17. The van der Waals surface area contributed by atoms with Crippen molar-refractivity contribution in [3.8, 4) is 0 Å². The Kier molecular flexibility index (Phi) is 4.65. The number of aromatic nitrogens is 3. The van der Waals surface area contributed by atoms with Crippen molar-refractivity contribution in [3.63, 3.8) is 0 Å². The maximum Gasteiger partial charge on any atom is 0.223 e. The van der Waals surface area contributed by atoms with E-state index in [9.17, 15) is 0 Å². The summed E-state index contributed by atoms with van der Waals surface area (Å²) < 4.78 is 1.07. The average molecular weight is 353 g/mol. The summed E-state index contributed by atoms with van der Waals surface area (Å²) in [6.07, 6.45) is 0. The molecule has 0 radical (unpaired) electrons. The van der Waals surface area contributed by atoms with Gasteiger partial charge in [0.15, 0.2) is 0 Å². The van der Waals surface area contributed by atoms with Gasteiger partial charge in [0, 0.05) is 14.8 Å². The van der Waals surface area contributed by atoms with Crippen molar-refractivity contribution < 1.29 is 0 Å². The molecule has 0 spiro atoms. The van der Waals surface area contributed by atoms with Gasteiger partial charge in [0.2, 0.25) is 5.95 Å². The molecule has 0 saturated carbocycles. The maximum atomic E-state index is 5.77. The number of thioether (sulfide) groups is 1. The molecule has 0 unspecified atom stereocenters. The van der Waals surface area contributed by atoms with Gasteiger partial charge in [0.25, 0.3) is 0 Å². The summed E-state index contributed by atoms with van der Waals surface area (Å²) in [5.41, 5.74) is 5.64. The van der Waals surface area contributed by atoms with Crippen molar-refractivity contribution in [2.45, 2.75) is 36.8 Å². The minimum Gasteiger partial charge on any atom is -0.368 e. The fourth-order valence-corrected chi connectivity index (χ4v) is 2.96. The molecule has 0 aliphatic heterocycles. The van der Waals surface area contributed by atoms with Crippen molar-refractivity contribution >= 4 is 33.6 Å². The Morgan fingerprint density at radius 3 is 2.50 bits per heavy atom. The van der Waals surface area contributed by atoms with Crippen molar-refractivity contribution in [3.05, 3.63) is 40.4 Å². The van der Waals surface area contributed by atoms with E-state index in [0.717, 1.165) is 15.2 Å². The van der Waals surface area contributed by atoms with Crippen molar-refractivity contribution in [1.82, 2.24) is 15.0 Å². The Morgan fingerprint density at radius 2 is 1.85 bits per heavy atom. The van der Waals surface area contributed by atoms with Gasteiger partial charge in [-0.1, -0.05) is 32.9 Å². The third-order valence-corrected chi connectivity index (χ3v) is 4.59. The summed E-state index contributed by atoms with van der Waals surface area (Å²) in [4.78, 5) is 14.1. The van der Waals surface area contributed by atoms with Crippen LogP contribution in [0.4, 0.5) is 5.95 Å². The van der Waals surface area contributed by atoms with Crippen LogP contribution in [0.2, 0.25) is 0 Å². The standard InChI is InChI=1S/C14H17BrN4S/c1-14(2,3)12-17-11(18-13(16)19-12)8-20-10-7-5-4-6-9(10)15/h4-7H,8H2,1-3H3,(H2,16,17,18,19). The second-order valence-electron chi connectivity index (χ2n) is 5.40. The number of hydrogen-bond acceptors (Lipinski definition) is 5. The fourth-order valence-electron chi connectivity index (χ4n) is 1.54. The van der Waals surface area contributed by atoms with E-state index < -0.39 is 0 Å². The molecule has 4 nitrogen and oxygen atoms in total. The summed E-state index contributed by atoms with van der Waals surface area (Å²) in [5.74, 6) is 2.39. The molecule has 0 aliphatic carbocycles. The lowest BCUT2D eigenvalue weighted by molar-refractivity contribution is 0.539. The summed E-state index contributed by atoms with van der Waals surface area (Å²) in [7, 11) is 0. The first-order valence-corrected chi connectivity index (χ1v) is 8.02. The SMILES string of the molecule is CC(C)(C)c1nc(N)nc(CSc2ccccc2Br)n1. The van der Waals surface area contributed by atoms with Gasteiger partial charge in [0.1, 0.15) is 11.6 Å². The zero-order valence-corrected chi connectivity index (χ0v) is 14.1. The van der Waals surface area contributed by atoms with Crippen LogP contribution in [0, 0.1) is 0 Å². The molecule has 20 heavy (non-hydrogen) atoms. The van der Waals surface area contributed by atoms with Gasteiger partial charge in [-0.05, 0) is 28.1 Å². The summed E-state index contributed by atoms with van der Waals surface area (Å²) >= 11 is 5.20. The molecule has 0 aliphatic rings. The molecule has 1 aromatic carbocycles. The van der Waals surface area contributed by atoms with E-state index in [-0.39, 0.29) is 11.4 Å². The number of nitrogen functional groups attached to an aromatic ring is 1. The molecule has 0 bridgehead atoms. The first-order chi connectivity index (χ1) is 9.36. The van der Waals surface area contributed by atoms with Gasteiger partial charge >= 0.3 is 0 Å². The van der Waals surface area contributed by atoms with Crippen LogP contribution in [0.15, 0.2) is 33.6 Å². The number of anilines is 1. The number of nitrogens with two attached hydrogens (primary N) is 1. The molecule has 6 heteroatoms. The molecule has 2 N–H and O–H groups in total. The average Bonchev–Trinajstić information content (AvgIpc) is 2.36. The molecule has 2 rings (SSSR count). The Bertz CT molecular complexity index is 610. The molecule has 0 saturated heterocycles. The lowest BCUT2D eigenvalue weighted by Crippen LogP contribution is -2.19. The number of halogens is 1. The highest BCUT2D eigenvalue weighted by Crippen LogP contribution is 2.29. The molecular weight excluding hydrogens is 336 g/mol. The van der Waals surface area contributed by atoms with E-state index in [0.29, 0.717) is 11.6 Å². The predicted octanol–water partition coefficient (Wildman–Crippen LogP) is 3.81. The van der Waals surface area contributed by atoms with Crippen LogP contribution in [0.3, 0.4) is 0 Å². The number of hydrogen-bond donors (Lipinski definition) is 1. The van der Waals surface area contributed by atoms with Crippen molar-refractivity contribution in [2.75, 3.05) is 5.73 Å². The second-order valence-corrected chi connectivity index (χ2v) is 7.27. The minimum atomic E-state index is -0.135. The van der Waals surface area contributed by atoms with Gasteiger partial charge in [0.05, 0.1) is 5.75 Å². The van der Waals surface area contributed by atoms with Crippen molar-refractivity contribution in [1.29, 1.82) is 0 Å². The van der Waals surface area contributed by atoms with Crippen LogP contribution < -0.4 is 5.73 Å². The summed E-state index contributed by atoms with van der Waals surface area (Å²) in [6.45, 7) is 6.19. The molecule has 0 atom stereocenters. The molecule has 1 aromatic heterocycles. The zero-order chi connectivity index (χ0) is 14.8. The normalized spacial score (nSPS) is 11.6. The highest BCUT2D eigenvalue weighted by Gasteiger charge is 2.19. The van der Waals surface area contributed by atoms with Crippen molar-refractivity contribution in [2.24, 2.45) is 0 Å². The monoisotopic (exact) mass is 352 g/mol. The minimum absolute atomic E-state index is 0.135. The lowest BCUT2D eigenvalue weighted by atomic mass is 9.96. The Morgan fingerprint density at radius 1 is 1.15 bits per heavy atom. The number of nitrogens with zero attached hydrogens (tertiary/aromatic N) is 3. The third-order valence-electron chi connectivity index (χ3n) is 2.56. The Hall–Kier alpha value is -1.14. The van der Waals surface area contributed by atoms with Gasteiger partial charge in [-0.15, -0.1) is 11.8 Å². The Labute approximate surface area is 131 Å². The van der Waals surface area contributed by atoms with Crippen LogP contribution in [0.1, 0.15) is 32.4 Å². The van der Waals surface area contributed by atoms with E-state index in [4.69, 9.17) is 5.73 Å². The molecule has 1 heterocycles. The molecule has 0 fully saturated rings. The van der Waals surface area contributed by atoms with E-state index in [1.807, 2.05) is 18.2 Å². The first-order valence-electron chi connectivity index (χ1n) is 6.24. The van der Waals surface area contributed by atoms with Gasteiger partial charge in [-0.25, -0.2) is 4.98 Å². The topological polar surface area (TPSA) is 64.7 Å². The fraction of sp³-hybridized carbons (Fsp3) is 0.357. The second kappa shape index (κ2) is 6.10. The van der Waals surface area contributed by atoms with E-state index in [2.05, 4.69) is 57.7 Å². The highest BCUT2D eigenvalue weighted by atomic mass is 79.9. The number of rotatable bonds is 3. The van der Waals surface area contributed by atoms with Crippen LogP contribution >= 0.6 is 27.7 Å². The maximum absolute atomic E-state index is 5.77. The highest BCUT2D eigenvalue weighted by molar-refractivity contribution is 9.10. The quantitative estimate of drug-likeness (QED) is 0.850. The summed E-state index contributed by atoms with van der Waals surface area (Å²) in [6, 6.07) is 8.08. The largest absolute Gasteiger partial charge is 0.368 e. The zero-order valence-electron chi connectivity index (χ0n) is 11.7. The van der Waals surface area contributed by atoms with Crippen LogP contribution in [-0.2, 0) is 11.2 Å². The first kappa shape index (κ1) is 15.3. The van der Waals surface area contributed by atoms with Gasteiger partial charge in [-0.3, -0.25) is 0 Å². The van der Waals surface area contributed by atoms with E-state index in [1.165, 1.54) is 0 Å².